The lowest BCUT2D eigenvalue weighted by Gasteiger charge is -2.37. The van der Waals surface area contributed by atoms with Crippen LogP contribution in [0.25, 0.3) is 0 Å². The van der Waals surface area contributed by atoms with Crippen LogP contribution < -0.4 is 15.5 Å². The van der Waals surface area contributed by atoms with Crippen LogP contribution in [-0.4, -0.2) is 64.7 Å². The Balaban J connectivity index is 1.64. The van der Waals surface area contributed by atoms with Crippen molar-refractivity contribution in [2.75, 3.05) is 48.4 Å². The number of hydrogen-bond donors (Lipinski definition) is 3. The van der Waals surface area contributed by atoms with Gasteiger partial charge >= 0.3 is 0 Å². The third kappa shape index (κ3) is 5.03. The maximum absolute atomic E-state index is 10.3. The van der Waals surface area contributed by atoms with Crippen LogP contribution in [0.15, 0.2) is 24.3 Å². The fourth-order valence-electron chi connectivity index (χ4n) is 4.27. The summed E-state index contributed by atoms with van der Waals surface area (Å²) in [5.41, 5.74) is 7.97. The molecule has 2 aliphatic rings. The van der Waals surface area contributed by atoms with E-state index in [4.69, 9.17) is 22.1 Å². The summed E-state index contributed by atoms with van der Waals surface area (Å²) < 4.78 is 5.75. The Labute approximate surface area is 187 Å². The Morgan fingerprint density at radius 1 is 1.19 bits per heavy atom. The largest absolute Gasteiger partial charge is 0.390 e. The third-order valence-corrected chi connectivity index (χ3v) is 6.40. The number of nitrogens with two attached hydrogens (primary N) is 1. The number of rotatable bonds is 3. The van der Waals surface area contributed by atoms with Gasteiger partial charge in [-0.25, -0.2) is 4.98 Å². The number of aryl methyl sites for hydroxylation is 1. The molecule has 1 aromatic heterocycles. The molecular weight excluding hydrogens is 418 g/mol. The van der Waals surface area contributed by atoms with E-state index in [1.165, 1.54) is 0 Å². The molecule has 3 heterocycles. The number of ether oxygens (including phenoxy) is 1. The van der Waals surface area contributed by atoms with Crippen molar-refractivity contribution >= 4 is 29.1 Å². The Morgan fingerprint density at radius 3 is 2.61 bits per heavy atom. The second-order valence-corrected chi connectivity index (χ2v) is 9.18. The van der Waals surface area contributed by atoms with Gasteiger partial charge in [-0.1, -0.05) is 17.7 Å². The molecule has 8 nitrogen and oxygen atoms in total. The number of aliphatic hydroxyl groups excluding tert-OH is 1. The number of aromatic nitrogens is 2. The van der Waals surface area contributed by atoms with Gasteiger partial charge in [0.25, 0.3) is 0 Å². The number of nitrogens with zero attached hydrogens (tertiary/aromatic N) is 4. The van der Waals surface area contributed by atoms with Crippen LogP contribution in [0.3, 0.4) is 0 Å². The van der Waals surface area contributed by atoms with Crippen molar-refractivity contribution in [3.05, 3.63) is 40.5 Å². The van der Waals surface area contributed by atoms with E-state index < -0.39 is 11.7 Å². The SMILES string of the molecule is Cc1cc(N2CC(O)COC[C@@H]2c2ccc(N3CCC(C)(O)CC3)cc2Cl)nc(N)n1. The minimum absolute atomic E-state index is 0.191. The summed E-state index contributed by atoms with van der Waals surface area (Å²) in [5.74, 6) is 0.828. The van der Waals surface area contributed by atoms with E-state index in [2.05, 4.69) is 20.9 Å². The molecule has 0 bridgehead atoms. The van der Waals surface area contributed by atoms with Crippen molar-refractivity contribution in [1.82, 2.24) is 9.97 Å². The van der Waals surface area contributed by atoms with Crippen LogP contribution in [-0.2, 0) is 4.74 Å². The van der Waals surface area contributed by atoms with Gasteiger partial charge < -0.3 is 30.5 Å². The molecule has 9 heteroatoms. The minimum Gasteiger partial charge on any atom is -0.390 e. The summed E-state index contributed by atoms with van der Waals surface area (Å²) in [4.78, 5) is 12.8. The van der Waals surface area contributed by atoms with Gasteiger partial charge in [0.15, 0.2) is 0 Å². The quantitative estimate of drug-likeness (QED) is 0.657. The van der Waals surface area contributed by atoms with Crippen LogP contribution in [0.2, 0.25) is 5.02 Å². The second kappa shape index (κ2) is 8.78. The Kier molecular flexibility index (Phi) is 6.25. The molecule has 2 aliphatic heterocycles. The molecule has 2 fully saturated rings. The third-order valence-electron chi connectivity index (χ3n) is 6.07. The van der Waals surface area contributed by atoms with Crippen molar-refractivity contribution in [3.8, 4) is 0 Å². The van der Waals surface area contributed by atoms with Gasteiger partial charge in [0.2, 0.25) is 5.95 Å². The molecule has 0 aliphatic carbocycles. The maximum Gasteiger partial charge on any atom is 0.222 e. The smallest absolute Gasteiger partial charge is 0.222 e. The lowest BCUT2D eigenvalue weighted by molar-refractivity contribution is 0.0351. The van der Waals surface area contributed by atoms with E-state index in [1.54, 1.807) is 0 Å². The zero-order valence-corrected chi connectivity index (χ0v) is 18.7. The molecular formula is C22H30ClN5O3. The van der Waals surface area contributed by atoms with Gasteiger partial charge in [-0.15, -0.1) is 0 Å². The average Bonchev–Trinajstić information content (AvgIpc) is 2.89. The first-order chi connectivity index (χ1) is 14.7. The Hall–Kier alpha value is -2.13. The van der Waals surface area contributed by atoms with Crippen LogP contribution >= 0.6 is 11.6 Å². The summed E-state index contributed by atoms with van der Waals surface area (Å²) >= 11 is 6.76. The fourth-order valence-corrected chi connectivity index (χ4v) is 4.58. The molecule has 0 radical (unpaired) electrons. The molecule has 4 rings (SSSR count). The number of benzene rings is 1. The van der Waals surface area contributed by atoms with E-state index in [0.29, 0.717) is 24.0 Å². The van der Waals surface area contributed by atoms with Crippen LogP contribution in [0.4, 0.5) is 17.5 Å². The molecule has 0 spiro atoms. The molecule has 2 saturated heterocycles. The first-order valence-electron chi connectivity index (χ1n) is 10.6. The topological polar surface area (TPSA) is 108 Å². The molecule has 168 valence electrons. The normalized spacial score (nSPS) is 24.2. The summed E-state index contributed by atoms with van der Waals surface area (Å²) in [6.45, 7) is 6.28. The van der Waals surface area contributed by atoms with Gasteiger partial charge in [-0.3, -0.25) is 0 Å². The minimum atomic E-state index is -0.652. The Bertz CT molecular complexity index is 911. The van der Waals surface area contributed by atoms with Crippen molar-refractivity contribution in [2.45, 2.75) is 44.4 Å². The van der Waals surface area contributed by atoms with Gasteiger partial charge in [0, 0.05) is 42.1 Å². The highest BCUT2D eigenvalue weighted by Crippen LogP contribution is 2.36. The van der Waals surface area contributed by atoms with Gasteiger partial charge in [-0.05, 0) is 44.4 Å². The molecule has 4 N–H and O–H groups in total. The van der Waals surface area contributed by atoms with Crippen molar-refractivity contribution < 1.29 is 14.9 Å². The monoisotopic (exact) mass is 447 g/mol. The second-order valence-electron chi connectivity index (χ2n) is 8.77. The maximum atomic E-state index is 10.3. The lowest BCUT2D eigenvalue weighted by atomic mass is 9.93. The van der Waals surface area contributed by atoms with Crippen molar-refractivity contribution in [1.29, 1.82) is 0 Å². The summed E-state index contributed by atoms with van der Waals surface area (Å²) in [6.07, 6.45) is 0.798. The van der Waals surface area contributed by atoms with E-state index in [1.807, 2.05) is 36.9 Å². The van der Waals surface area contributed by atoms with Crippen LogP contribution in [0.1, 0.15) is 37.1 Å². The van der Waals surface area contributed by atoms with Crippen molar-refractivity contribution in [3.63, 3.8) is 0 Å². The average molecular weight is 448 g/mol. The van der Waals surface area contributed by atoms with E-state index in [-0.39, 0.29) is 18.6 Å². The number of piperidine rings is 1. The zero-order chi connectivity index (χ0) is 22.2. The molecule has 2 atom stereocenters. The van der Waals surface area contributed by atoms with Crippen LogP contribution in [0, 0.1) is 6.92 Å². The number of halogens is 1. The van der Waals surface area contributed by atoms with E-state index >= 15 is 0 Å². The number of nitrogen functional groups attached to an aromatic ring is 1. The molecule has 0 saturated carbocycles. The number of anilines is 3. The molecule has 1 unspecified atom stereocenters. The zero-order valence-electron chi connectivity index (χ0n) is 18.0. The standard InChI is InChI=1S/C22H30ClN5O3/c1-14-9-20(26-21(24)25-14)28-11-16(29)12-31-13-19(28)17-4-3-15(10-18(17)23)27-7-5-22(2,30)6-8-27/h3-4,9-10,16,19,29-30H,5-8,11-13H2,1-2H3,(H2,24,25,26)/t16?,19-/m1/s1. The highest BCUT2D eigenvalue weighted by molar-refractivity contribution is 6.31. The highest BCUT2D eigenvalue weighted by Gasteiger charge is 2.31. The molecule has 31 heavy (non-hydrogen) atoms. The first kappa shape index (κ1) is 22.1. The summed E-state index contributed by atoms with van der Waals surface area (Å²) in [5, 5.41) is 21.2. The van der Waals surface area contributed by atoms with E-state index in [0.717, 1.165) is 42.9 Å². The Morgan fingerprint density at radius 2 is 1.94 bits per heavy atom. The van der Waals surface area contributed by atoms with E-state index in [9.17, 15) is 10.2 Å². The fraction of sp³-hybridized carbons (Fsp3) is 0.545. The highest BCUT2D eigenvalue weighted by atomic mass is 35.5. The van der Waals surface area contributed by atoms with Crippen molar-refractivity contribution in [2.24, 2.45) is 0 Å². The number of aliphatic hydroxyl groups is 2. The predicted octanol–water partition coefficient (Wildman–Crippen LogP) is 2.31. The van der Waals surface area contributed by atoms with Gasteiger partial charge in [0.05, 0.1) is 31.0 Å². The predicted molar refractivity (Wildman–Crippen MR) is 122 cm³/mol. The first-order valence-corrected chi connectivity index (χ1v) is 11.0. The molecule has 0 amide bonds. The van der Waals surface area contributed by atoms with Gasteiger partial charge in [-0.2, -0.15) is 4.98 Å². The van der Waals surface area contributed by atoms with Crippen LogP contribution in [0.5, 0.6) is 0 Å². The lowest BCUT2D eigenvalue weighted by Crippen LogP contribution is -2.42. The molecule has 2 aromatic rings. The summed E-state index contributed by atoms with van der Waals surface area (Å²) in [6, 6.07) is 7.66. The molecule has 1 aromatic carbocycles. The number of hydrogen-bond acceptors (Lipinski definition) is 8. The summed E-state index contributed by atoms with van der Waals surface area (Å²) in [7, 11) is 0. The van der Waals surface area contributed by atoms with Gasteiger partial charge in [0.1, 0.15) is 5.82 Å². The number of β-amino-alcohol motifs (C(OH)–C–C–N with tert-alkyl or cyclic N) is 1.